The number of halogens is 2. The number of rotatable bonds is 1. The molecule has 0 aromatic carbocycles. The number of carbonyl (C=O) groups is 1. The topological polar surface area (TPSA) is 50.5 Å². The maximum atomic E-state index is 13.8. The molecule has 2 aromatic rings. The van der Waals surface area contributed by atoms with Gasteiger partial charge in [0.05, 0.1) is 6.20 Å². The third-order valence-electron chi connectivity index (χ3n) is 6.06. The van der Waals surface area contributed by atoms with Gasteiger partial charge in [0.15, 0.2) is 5.65 Å². The molecule has 2 saturated heterocycles. The van der Waals surface area contributed by atoms with Gasteiger partial charge in [-0.25, -0.2) is 18.3 Å². The average Bonchev–Trinajstić information content (AvgIpc) is 2.84. The number of hydrogen-bond acceptors (Lipinski definition) is 3. The molecule has 126 valence electrons. The maximum Gasteiger partial charge on any atom is 0.259 e. The van der Waals surface area contributed by atoms with Gasteiger partial charge in [-0.05, 0) is 38.7 Å². The third kappa shape index (κ3) is 1.75. The van der Waals surface area contributed by atoms with E-state index in [1.165, 1.54) is 0 Å². The number of fused-ring (bicyclic) bond motifs is 3. The fraction of sp³-hybridized carbons (Fsp3) is 0.588. The summed E-state index contributed by atoms with van der Waals surface area (Å²) in [6.07, 6.45) is 5.80. The highest BCUT2D eigenvalue weighted by Gasteiger charge is 2.74. The van der Waals surface area contributed by atoms with Crippen LogP contribution >= 0.6 is 0 Å². The Morgan fingerprint density at radius 2 is 1.96 bits per heavy atom. The van der Waals surface area contributed by atoms with Crippen LogP contribution in [0.5, 0.6) is 0 Å². The zero-order valence-corrected chi connectivity index (χ0v) is 13.4. The summed E-state index contributed by atoms with van der Waals surface area (Å²) in [5.41, 5.74) is 0.978. The lowest BCUT2D eigenvalue weighted by Gasteiger charge is -2.39. The second-order valence-corrected chi connectivity index (χ2v) is 7.56. The van der Waals surface area contributed by atoms with Crippen molar-refractivity contribution in [1.82, 2.24) is 19.5 Å². The van der Waals surface area contributed by atoms with Gasteiger partial charge < -0.3 is 4.90 Å². The minimum Gasteiger partial charge on any atom is -0.332 e. The molecule has 2 bridgehead atoms. The van der Waals surface area contributed by atoms with Gasteiger partial charge in [0.1, 0.15) is 5.56 Å². The zero-order valence-electron chi connectivity index (χ0n) is 13.4. The molecule has 2 aliphatic heterocycles. The molecule has 5 nitrogen and oxygen atoms in total. The number of alkyl halides is 2. The second-order valence-electron chi connectivity index (χ2n) is 7.56. The van der Waals surface area contributed by atoms with E-state index in [2.05, 4.69) is 10.1 Å². The molecule has 5 rings (SSSR count). The molecule has 3 fully saturated rings. The molecule has 1 amide bonds. The van der Waals surface area contributed by atoms with Crippen LogP contribution in [0.15, 0.2) is 18.5 Å². The van der Waals surface area contributed by atoms with Crippen molar-refractivity contribution < 1.29 is 13.6 Å². The van der Waals surface area contributed by atoms with Gasteiger partial charge in [0.2, 0.25) is 0 Å². The lowest BCUT2D eigenvalue weighted by molar-refractivity contribution is 0.00706. The molecule has 2 unspecified atom stereocenters. The number of hydrogen-bond donors (Lipinski definition) is 0. The lowest BCUT2D eigenvalue weighted by Crippen LogP contribution is -2.48. The highest BCUT2D eigenvalue weighted by molar-refractivity contribution is 6.00. The van der Waals surface area contributed by atoms with E-state index in [0.29, 0.717) is 24.1 Å². The number of piperidine rings is 1. The van der Waals surface area contributed by atoms with E-state index >= 15 is 0 Å². The van der Waals surface area contributed by atoms with Gasteiger partial charge in [0, 0.05) is 35.8 Å². The Morgan fingerprint density at radius 3 is 2.58 bits per heavy atom. The van der Waals surface area contributed by atoms with Crippen molar-refractivity contribution in [2.24, 2.45) is 5.41 Å². The average molecular weight is 332 g/mol. The first-order valence-electron chi connectivity index (χ1n) is 8.42. The van der Waals surface area contributed by atoms with Crippen molar-refractivity contribution in [1.29, 1.82) is 0 Å². The maximum absolute atomic E-state index is 13.8. The summed E-state index contributed by atoms with van der Waals surface area (Å²) in [6.45, 7) is 1.87. The van der Waals surface area contributed by atoms with E-state index in [1.807, 2.05) is 17.9 Å². The summed E-state index contributed by atoms with van der Waals surface area (Å²) < 4.78 is 29.1. The van der Waals surface area contributed by atoms with Crippen molar-refractivity contribution in [2.45, 2.75) is 57.0 Å². The lowest BCUT2D eigenvalue weighted by atomic mass is 9.86. The SMILES string of the molecule is Cc1ccn2ncc(C(=O)N3C4CCC3CC3(C4)CC3(F)F)c2n1. The molecule has 24 heavy (non-hydrogen) atoms. The largest absolute Gasteiger partial charge is 0.332 e. The first-order valence-corrected chi connectivity index (χ1v) is 8.42. The Balaban J connectivity index is 1.49. The minimum atomic E-state index is -2.54. The predicted octanol–water partition coefficient (Wildman–Crippen LogP) is 2.83. The van der Waals surface area contributed by atoms with Crippen LogP contribution in [0.2, 0.25) is 0 Å². The van der Waals surface area contributed by atoms with Gasteiger partial charge in [-0.3, -0.25) is 4.79 Å². The van der Waals surface area contributed by atoms with Gasteiger partial charge in [-0.15, -0.1) is 0 Å². The molecule has 0 N–H and O–H groups in total. The van der Waals surface area contributed by atoms with Crippen molar-refractivity contribution in [3.8, 4) is 0 Å². The zero-order chi connectivity index (χ0) is 16.7. The second kappa shape index (κ2) is 4.32. The van der Waals surface area contributed by atoms with Crippen LogP contribution in [0, 0.1) is 12.3 Å². The fourth-order valence-electron chi connectivity index (χ4n) is 4.75. The highest BCUT2D eigenvalue weighted by Crippen LogP contribution is 2.69. The van der Waals surface area contributed by atoms with Gasteiger partial charge >= 0.3 is 0 Å². The minimum absolute atomic E-state index is 0.00744. The first-order chi connectivity index (χ1) is 11.4. The van der Waals surface area contributed by atoms with Gasteiger partial charge in [-0.2, -0.15) is 5.10 Å². The Labute approximate surface area is 137 Å². The normalized spacial score (nSPS) is 33.4. The Hall–Kier alpha value is -2.05. The summed E-state index contributed by atoms with van der Waals surface area (Å²) >= 11 is 0. The van der Waals surface area contributed by atoms with E-state index in [-0.39, 0.29) is 24.4 Å². The Kier molecular flexibility index (Phi) is 2.57. The van der Waals surface area contributed by atoms with Crippen LogP contribution in [0.3, 0.4) is 0 Å². The van der Waals surface area contributed by atoms with Crippen molar-refractivity contribution >= 4 is 11.6 Å². The van der Waals surface area contributed by atoms with Crippen molar-refractivity contribution in [3.63, 3.8) is 0 Å². The summed E-state index contributed by atoms with van der Waals surface area (Å²) in [4.78, 5) is 19.3. The standard InChI is InChI=1S/C17H18F2N4O/c1-10-4-5-22-14(21-10)13(8-20-22)15(24)23-11-2-3-12(23)7-16(6-11)9-17(16,18)19/h4-5,8,11-12H,2-3,6-7,9H2,1H3. The van der Waals surface area contributed by atoms with Crippen molar-refractivity contribution in [3.05, 3.63) is 29.7 Å². The van der Waals surface area contributed by atoms with Gasteiger partial charge in [-0.1, -0.05) is 0 Å². The van der Waals surface area contributed by atoms with E-state index in [0.717, 1.165) is 18.5 Å². The molecular formula is C17H18F2N4O. The van der Waals surface area contributed by atoms with Crippen LogP contribution < -0.4 is 0 Å². The smallest absolute Gasteiger partial charge is 0.259 e. The molecule has 3 aliphatic rings. The number of aryl methyl sites for hydroxylation is 1. The van der Waals surface area contributed by atoms with E-state index in [9.17, 15) is 13.6 Å². The first kappa shape index (κ1) is 14.3. The molecule has 1 saturated carbocycles. The molecule has 1 aliphatic carbocycles. The number of amides is 1. The van der Waals surface area contributed by atoms with E-state index in [1.54, 1.807) is 16.9 Å². The van der Waals surface area contributed by atoms with Crippen LogP contribution in [0.4, 0.5) is 8.78 Å². The molecule has 7 heteroatoms. The monoisotopic (exact) mass is 332 g/mol. The quantitative estimate of drug-likeness (QED) is 0.807. The number of carbonyl (C=O) groups excluding carboxylic acids is 1. The Bertz CT molecular complexity index is 847. The van der Waals surface area contributed by atoms with Crippen LogP contribution in [-0.4, -0.2) is 43.4 Å². The molecular weight excluding hydrogens is 314 g/mol. The third-order valence-corrected chi connectivity index (χ3v) is 6.06. The summed E-state index contributed by atoms with van der Waals surface area (Å²) in [5, 5.41) is 4.20. The molecule has 2 atom stereocenters. The fourth-order valence-corrected chi connectivity index (χ4v) is 4.75. The Morgan fingerprint density at radius 1 is 1.29 bits per heavy atom. The van der Waals surface area contributed by atoms with Crippen LogP contribution in [0.1, 0.15) is 48.2 Å². The molecule has 4 heterocycles. The molecule has 2 aromatic heterocycles. The van der Waals surface area contributed by atoms with Crippen molar-refractivity contribution in [2.75, 3.05) is 0 Å². The summed E-state index contributed by atoms with van der Waals surface area (Å²) in [5.74, 6) is -2.65. The predicted molar refractivity (Wildman–Crippen MR) is 81.9 cm³/mol. The molecule has 1 spiro atoms. The summed E-state index contributed by atoms with van der Waals surface area (Å²) in [6, 6.07) is 1.67. The highest BCUT2D eigenvalue weighted by atomic mass is 19.3. The van der Waals surface area contributed by atoms with Crippen LogP contribution in [0.25, 0.3) is 5.65 Å². The van der Waals surface area contributed by atoms with Gasteiger partial charge in [0.25, 0.3) is 11.8 Å². The van der Waals surface area contributed by atoms with Crippen LogP contribution in [-0.2, 0) is 0 Å². The summed E-state index contributed by atoms with van der Waals surface area (Å²) in [7, 11) is 0. The van der Waals surface area contributed by atoms with E-state index in [4.69, 9.17) is 0 Å². The number of nitrogens with zero attached hydrogens (tertiary/aromatic N) is 4. The number of aromatic nitrogens is 3. The molecule has 0 radical (unpaired) electrons. The van der Waals surface area contributed by atoms with E-state index < -0.39 is 11.3 Å².